The number of nitro groups is 1. The fourth-order valence-corrected chi connectivity index (χ4v) is 6.61. The molecule has 0 atom stereocenters. The van der Waals surface area contributed by atoms with E-state index in [4.69, 9.17) is 0 Å². The number of aromatic nitrogens is 2. The molecule has 0 amide bonds. The smallest absolute Gasteiger partial charge is 0.258 e. The van der Waals surface area contributed by atoms with E-state index in [1.54, 1.807) is 43.9 Å². The molecule has 0 bridgehead atoms. The topological polar surface area (TPSA) is 103 Å². The van der Waals surface area contributed by atoms with Crippen molar-refractivity contribution in [3.8, 4) is 11.1 Å². The molecule has 2 heterocycles. The molecular formula is C27H23N3O4S3. The fraction of sp³-hybridized carbons (Fsp3) is 0.185. The monoisotopic (exact) mass is 549 g/mol. The van der Waals surface area contributed by atoms with Crippen molar-refractivity contribution in [2.45, 2.75) is 28.7 Å². The van der Waals surface area contributed by atoms with E-state index in [-0.39, 0.29) is 5.69 Å². The first-order valence-corrected chi connectivity index (χ1v) is 15.1. The minimum atomic E-state index is -3.36. The Balaban J connectivity index is 1.49. The SMILES string of the molecule is CC(C)(c1cc(-c2cccc(CSc3nc4ccc([N+](=O)[O-])cc4s3)c2)c2ncccc2c1)S(C)(=O)=O. The number of nitrogens with zero attached hydrogens (tertiary/aromatic N) is 3. The largest absolute Gasteiger partial charge is 0.270 e. The summed E-state index contributed by atoms with van der Waals surface area (Å²) >= 11 is 3.01. The number of thiazole rings is 1. The number of hydrogen-bond donors (Lipinski definition) is 0. The standard InChI is InChI=1S/C27H23N3O4S3/c1-27(2,37(3,33)34)20-13-19-8-5-11-28-25(19)22(14-20)18-7-4-6-17(12-18)16-35-26-29-23-10-9-21(30(31)32)15-24(23)36-26/h4-15H,16H2,1-3H3. The Morgan fingerprint density at radius 3 is 2.62 bits per heavy atom. The molecule has 0 aliphatic heterocycles. The van der Waals surface area contributed by atoms with Gasteiger partial charge in [-0.1, -0.05) is 42.1 Å². The second kappa shape index (κ2) is 9.51. The summed E-state index contributed by atoms with van der Waals surface area (Å²) in [6.07, 6.45) is 3.00. The molecule has 10 heteroatoms. The summed E-state index contributed by atoms with van der Waals surface area (Å²) in [5.41, 5.74) is 5.24. The maximum Gasteiger partial charge on any atom is 0.270 e. The van der Waals surface area contributed by atoms with Gasteiger partial charge in [0.2, 0.25) is 0 Å². The molecule has 0 spiro atoms. The highest BCUT2D eigenvalue weighted by atomic mass is 32.2. The molecule has 5 aromatic rings. The zero-order chi connectivity index (χ0) is 26.4. The minimum absolute atomic E-state index is 0.0579. The van der Waals surface area contributed by atoms with Crippen LogP contribution in [0.2, 0.25) is 0 Å². The van der Waals surface area contributed by atoms with Crippen molar-refractivity contribution < 1.29 is 13.3 Å². The van der Waals surface area contributed by atoms with Crippen molar-refractivity contribution in [1.82, 2.24) is 9.97 Å². The van der Waals surface area contributed by atoms with Gasteiger partial charge in [-0.15, -0.1) is 11.3 Å². The van der Waals surface area contributed by atoms with Gasteiger partial charge >= 0.3 is 0 Å². The quantitative estimate of drug-likeness (QED) is 0.122. The molecule has 5 rings (SSSR count). The highest BCUT2D eigenvalue weighted by Crippen LogP contribution is 2.38. The average molecular weight is 550 g/mol. The van der Waals surface area contributed by atoms with Crippen LogP contribution in [0.5, 0.6) is 0 Å². The van der Waals surface area contributed by atoms with E-state index in [1.165, 1.54) is 23.7 Å². The van der Waals surface area contributed by atoms with E-state index in [9.17, 15) is 18.5 Å². The van der Waals surface area contributed by atoms with Crippen LogP contribution in [0.3, 0.4) is 0 Å². The van der Waals surface area contributed by atoms with Crippen molar-refractivity contribution in [3.63, 3.8) is 0 Å². The van der Waals surface area contributed by atoms with Gasteiger partial charge in [0.25, 0.3) is 5.69 Å². The van der Waals surface area contributed by atoms with Crippen molar-refractivity contribution in [3.05, 3.63) is 94.2 Å². The van der Waals surface area contributed by atoms with Gasteiger partial charge in [-0.2, -0.15) is 0 Å². The molecule has 37 heavy (non-hydrogen) atoms. The second-order valence-electron chi connectivity index (χ2n) is 9.26. The first kappa shape index (κ1) is 25.3. The predicted molar refractivity (Wildman–Crippen MR) is 151 cm³/mol. The summed E-state index contributed by atoms with van der Waals surface area (Å²) in [5.74, 6) is 0.662. The Labute approximate surface area is 222 Å². The molecule has 7 nitrogen and oxygen atoms in total. The molecule has 0 unspecified atom stereocenters. The van der Waals surface area contributed by atoms with E-state index < -0.39 is 19.5 Å². The van der Waals surface area contributed by atoms with Gasteiger partial charge < -0.3 is 0 Å². The van der Waals surface area contributed by atoms with Gasteiger partial charge in [-0.25, -0.2) is 13.4 Å². The first-order chi connectivity index (χ1) is 17.5. The van der Waals surface area contributed by atoms with Crippen molar-refractivity contribution in [2.75, 3.05) is 6.26 Å². The molecule has 0 N–H and O–H groups in total. The Morgan fingerprint density at radius 2 is 1.86 bits per heavy atom. The van der Waals surface area contributed by atoms with E-state index in [1.807, 2.05) is 42.5 Å². The summed E-state index contributed by atoms with van der Waals surface area (Å²) < 4.78 is 25.7. The second-order valence-corrected chi connectivity index (χ2v) is 14.1. The van der Waals surface area contributed by atoms with Crippen LogP contribution in [0.1, 0.15) is 25.0 Å². The minimum Gasteiger partial charge on any atom is -0.258 e. The van der Waals surface area contributed by atoms with E-state index in [0.29, 0.717) is 11.3 Å². The van der Waals surface area contributed by atoms with E-state index in [2.05, 4.69) is 16.0 Å². The Hall–Kier alpha value is -3.34. The van der Waals surface area contributed by atoms with Crippen LogP contribution in [0.4, 0.5) is 5.69 Å². The van der Waals surface area contributed by atoms with Crippen molar-refractivity contribution in [2.24, 2.45) is 0 Å². The van der Waals surface area contributed by atoms with Crippen LogP contribution >= 0.6 is 23.1 Å². The van der Waals surface area contributed by atoms with E-state index >= 15 is 0 Å². The molecule has 0 saturated carbocycles. The lowest BCUT2D eigenvalue weighted by Gasteiger charge is -2.24. The fourth-order valence-electron chi connectivity index (χ4n) is 4.02. The zero-order valence-electron chi connectivity index (χ0n) is 20.3. The van der Waals surface area contributed by atoms with Crippen LogP contribution in [-0.4, -0.2) is 29.6 Å². The summed E-state index contributed by atoms with van der Waals surface area (Å²) in [5, 5.41) is 12.0. The number of fused-ring (bicyclic) bond motifs is 2. The van der Waals surface area contributed by atoms with Gasteiger partial charge in [0.15, 0.2) is 14.2 Å². The number of nitro benzene ring substituents is 1. The normalized spacial score (nSPS) is 12.3. The maximum atomic E-state index is 12.6. The van der Waals surface area contributed by atoms with Crippen LogP contribution in [0, 0.1) is 10.1 Å². The number of sulfone groups is 1. The Bertz CT molecular complexity index is 1780. The highest BCUT2D eigenvalue weighted by Gasteiger charge is 2.33. The summed E-state index contributed by atoms with van der Waals surface area (Å²) in [6.45, 7) is 3.45. The molecular weight excluding hydrogens is 527 g/mol. The number of non-ortho nitro benzene ring substituents is 1. The van der Waals surface area contributed by atoms with Gasteiger partial charge in [0, 0.05) is 41.3 Å². The van der Waals surface area contributed by atoms with E-state index in [0.717, 1.165) is 42.1 Å². The third-order valence-electron chi connectivity index (χ3n) is 6.49. The molecule has 2 aromatic heterocycles. The maximum absolute atomic E-state index is 12.6. The predicted octanol–water partition coefficient (Wildman–Crippen LogP) is 6.99. The average Bonchev–Trinajstić information content (AvgIpc) is 3.28. The van der Waals surface area contributed by atoms with Gasteiger partial charge in [0.05, 0.1) is 25.4 Å². The summed E-state index contributed by atoms with van der Waals surface area (Å²) in [7, 11) is -3.36. The van der Waals surface area contributed by atoms with Crippen LogP contribution in [0.25, 0.3) is 32.2 Å². The summed E-state index contributed by atoms with van der Waals surface area (Å²) in [6, 6.07) is 20.5. The lowest BCUT2D eigenvalue weighted by Crippen LogP contribution is -2.28. The first-order valence-electron chi connectivity index (χ1n) is 11.4. The summed E-state index contributed by atoms with van der Waals surface area (Å²) in [4.78, 5) is 19.9. The lowest BCUT2D eigenvalue weighted by molar-refractivity contribution is -0.384. The van der Waals surface area contributed by atoms with Crippen LogP contribution in [0.15, 0.2) is 77.3 Å². The van der Waals surface area contributed by atoms with Crippen LogP contribution < -0.4 is 0 Å². The van der Waals surface area contributed by atoms with Gasteiger partial charge in [0.1, 0.15) is 0 Å². The third kappa shape index (κ3) is 4.96. The van der Waals surface area contributed by atoms with Crippen LogP contribution in [-0.2, 0) is 20.3 Å². The highest BCUT2D eigenvalue weighted by molar-refractivity contribution is 8.00. The number of rotatable bonds is 7. The zero-order valence-corrected chi connectivity index (χ0v) is 22.8. The molecule has 188 valence electrons. The number of thioether (sulfide) groups is 1. The third-order valence-corrected chi connectivity index (χ3v) is 10.8. The van der Waals surface area contributed by atoms with Crippen molar-refractivity contribution >= 4 is 59.7 Å². The van der Waals surface area contributed by atoms with Crippen molar-refractivity contribution in [1.29, 1.82) is 0 Å². The number of pyridine rings is 1. The van der Waals surface area contributed by atoms with Gasteiger partial charge in [-0.05, 0) is 54.8 Å². The number of benzene rings is 3. The molecule has 0 saturated heterocycles. The van der Waals surface area contributed by atoms with Gasteiger partial charge in [-0.3, -0.25) is 15.1 Å². The molecule has 3 aromatic carbocycles. The molecule has 0 aliphatic rings. The molecule has 0 radical (unpaired) electrons. The lowest BCUT2D eigenvalue weighted by atomic mass is 9.93. The Morgan fingerprint density at radius 1 is 1.05 bits per heavy atom. The molecule has 0 fully saturated rings. The number of hydrogen-bond acceptors (Lipinski definition) is 8. The molecule has 0 aliphatic carbocycles. The Kier molecular flexibility index (Phi) is 6.51.